The Morgan fingerprint density at radius 2 is 2.11 bits per heavy atom. The van der Waals surface area contributed by atoms with Crippen molar-refractivity contribution in [3.63, 3.8) is 0 Å². The number of ether oxygens (including phenoxy) is 2. The van der Waals surface area contributed by atoms with Crippen molar-refractivity contribution in [1.29, 1.82) is 0 Å². The zero-order valence-corrected chi connectivity index (χ0v) is 11.5. The normalized spacial score (nSPS) is 18.7. The van der Waals surface area contributed by atoms with Crippen LogP contribution < -0.4 is 20.1 Å². The summed E-state index contributed by atoms with van der Waals surface area (Å²) in [7, 11) is 3.23. The lowest BCUT2D eigenvalue weighted by atomic mass is 10.2. The average molecular weight is 271 g/mol. The maximum Gasteiger partial charge on any atom is 0.145 e. The molecular weight excluding hydrogens is 252 g/mol. The highest BCUT2D eigenvalue weighted by Crippen LogP contribution is 2.35. The highest BCUT2D eigenvalue weighted by atomic mass is 35.5. The lowest BCUT2D eigenvalue weighted by Gasteiger charge is -2.16. The Hall–Kier alpha value is -1.13. The van der Waals surface area contributed by atoms with Gasteiger partial charge in [0.25, 0.3) is 0 Å². The summed E-state index contributed by atoms with van der Waals surface area (Å²) >= 11 is 6.12. The molecule has 1 fully saturated rings. The van der Waals surface area contributed by atoms with E-state index in [2.05, 4.69) is 10.6 Å². The van der Waals surface area contributed by atoms with Gasteiger partial charge in [-0.05, 0) is 25.5 Å². The third kappa shape index (κ3) is 3.00. The molecule has 2 rings (SSSR count). The molecule has 5 heteroatoms. The van der Waals surface area contributed by atoms with E-state index in [0.717, 1.165) is 24.5 Å². The zero-order chi connectivity index (χ0) is 13.0. The molecule has 100 valence electrons. The first-order chi connectivity index (χ1) is 8.74. The second-order valence-electron chi connectivity index (χ2n) is 4.36. The molecule has 1 atom stereocenters. The fourth-order valence-electron chi connectivity index (χ4n) is 2.16. The van der Waals surface area contributed by atoms with Crippen molar-refractivity contribution < 1.29 is 9.47 Å². The number of halogens is 1. The highest BCUT2D eigenvalue weighted by Gasteiger charge is 2.15. The number of rotatable bonds is 5. The van der Waals surface area contributed by atoms with Crippen molar-refractivity contribution in [2.24, 2.45) is 0 Å². The standard InChI is InChI=1S/C13H19ClN2O2/c1-17-12-7-13(18-2)11(6-10(12)14)16-8-9-4-3-5-15-9/h6-7,9,15-16H,3-5,8H2,1-2H3. The van der Waals surface area contributed by atoms with Gasteiger partial charge in [-0.25, -0.2) is 0 Å². The van der Waals surface area contributed by atoms with Crippen LogP contribution in [-0.2, 0) is 0 Å². The smallest absolute Gasteiger partial charge is 0.145 e. The van der Waals surface area contributed by atoms with Gasteiger partial charge in [0, 0.05) is 18.7 Å². The summed E-state index contributed by atoms with van der Waals surface area (Å²) in [4.78, 5) is 0. The minimum Gasteiger partial charge on any atom is -0.495 e. The van der Waals surface area contributed by atoms with Gasteiger partial charge in [0.2, 0.25) is 0 Å². The third-order valence-corrected chi connectivity index (χ3v) is 3.47. The van der Waals surface area contributed by atoms with Crippen LogP contribution in [-0.4, -0.2) is 33.4 Å². The van der Waals surface area contributed by atoms with Crippen molar-refractivity contribution in [3.8, 4) is 11.5 Å². The lowest BCUT2D eigenvalue weighted by molar-refractivity contribution is 0.395. The van der Waals surface area contributed by atoms with E-state index in [0.29, 0.717) is 16.8 Å². The average Bonchev–Trinajstić information content (AvgIpc) is 2.89. The monoisotopic (exact) mass is 270 g/mol. The van der Waals surface area contributed by atoms with Crippen LogP contribution in [0.3, 0.4) is 0 Å². The molecule has 1 aliphatic rings. The molecule has 0 aromatic heterocycles. The lowest BCUT2D eigenvalue weighted by Crippen LogP contribution is -2.29. The summed E-state index contributed by atoms with van der Waals surface area (Å²) in [6, 6.07) is 4.16. The fourth-order valence-corrected chi connectivity index (χ4v) is 2.40. The van der Waals surface area contributed by atoms with Gasteiger partial charge in [0.1, 0.15) is 11.5 Å². The summed E-state index contributed by atoms with van der Waals surface area (Å²) in [5.74, 6) is 1.37. The Morgan fingerprint density at radius 3 is 2.72 bits per heavy atom. The minimum atomic E-state index is 0.524. The summed E-state index contributed by atoms with van der Waals surface area (Å²) in [6.07, 6.45) is 2.45. The summed E-state index contributed by atoms with van der Waals surface area (Å²) in [5.41, 5.74) is 0.900. The molecule has 1 heterocycles. The van der Waals surface area contributed by atoms with E-state index in [1.54, 1.807) is 20.3 Å². The van der Waals surface area contributed by atoms with Crippen molar-refractivity contribution in [3.05, 3.63) is 17.2 Å². The molecule has 0 amide bonds. The molecule has 0 bridgehead atoms. The molecule has 0 radical (unpaired) electrons. The SMILES string of the molecule is COc1cc(OC)c(NCC2CCCN2)cc1Cl. The van der Waals surface area contributed by atoms with E-state index in [1.165, 1.54) is 12.8 Å². The van der Waals surface area contributed by atoms with Gasteiger partial charge in [-0.1, -0.05) is 11.6 Å². The fraction of sp³-hybridized carbons (Fsp3) is 0.538. The van der Waals surface area contributed by atoms with E-state index in [1.807, 2.05) is 6.07 Å². The minimum absolute atomic E-state index is 0.524. The number of methoxy groups -OCH3 is 2. The number of benzene rings is 1. The van der Waals surface area contributed by atoms with Gasteiger partial charge < -0.3 is 20.1 Å². The predicted octanol–water partition coefficient (Wildman–Crippen LogP) is 2.52. The van der Waals surface area contributed by atoms with E-state index >= 15 is 0 Å². The Kier molecular flexibility index (Phi) is 4.55. The van der Waals surface area contributed by atoms with Crippen LogP contribution in [0.25, 0.3) is 0 Å². The maximum absolute atomic E-state index is 6.12. The first-order valence-electron chi connectivity index (χ1n) is 6.13. The van der Waals surface area contributed by atoms with E-state index in [9.17, 15) is 0 Å². The summed E-state index contributed by atoms with van der Waals surface area (Å²) in [5, 5.41) is 7.39. The van der Waals surface area contributed by atoms with Gasteiger partial charge in [0.15, 0.2) is 0 Å². The molecule has 0 saturated carbocycles. The van der Waals surface area contributed by atoms with Gasteiger partial charge in [-0.3, -0.25) is 0 Å². The molecule has 0 aliphatic carbocycles. The summed E-state index contributed by atoms with van der Waals surface area (Å²) < 4.78 is 10.5. The molecule has 4 nitrogen and oxygen atoms in total. The Morgan fingerprint density at radius 1 is 1.33 bits per heavy atom. The van der Waals surface area contributed by atoms with E-state index in [-0.39, 0.29) is 0 Å². The molecule has 2 N–H and O–H groups in total. The molecule has 1 unspecified atom stereocenters. The van der Waals surface area contributed by atoms with Crippen LogP contribution in [0.4, 0.5) is 5.69 Å². The number of hydrogen-bond donors (Lipinski definition) is 2. The number of anilines is 1. The van der Waals surface area contributed by atoms with Gasteiger partial charge in [0.05, 0.1) is 24.9 Å². The van der Waals surface area contributed by atoms with Crippen LogP contribution in [0.5, 0.6) is 11.5 Å². The zero-order valence-electron chi connectivity index (χ0n) is 10.8. The third-order valence-electron chi connectivity index (χ3n) is 3.18. The first-order valence-corrected chi connectivity index (χ1v) is 6.51. The quantitative estimate of drug-likeness (QED) is 0.863. The first kappa shape index (κ1) is 13.3. The molecule has 0 spiro atoms. The van der Waals surface area contributed by atoms with Gasteiger partial charge in [-0.2, -0.15) is 0 Å². The Balaban J connectivity index is 2.08. The Labute approximate surface area is 113 Å². The highest BCUT2D eigenvalue weighted by molar-refractivity contribution is 6.32. The van der Waals surface area contributed by atoms with Crippen molar-refractivity contribution in [2.75, 3.05) is 32.6 Å². The largest absolute Gasteiger partial charge is 0.495 e. The molecule has 1 saturated heterocycles. The molecule has 1 aromatic rings. The van der Waals surface area contributed by atoms with Crippen molar-refractivity contribution in [1.82, 2.24) is 5.32 Å². The van der Waals surface area contributed by atoms with E-state index < -0.39 is 0 Å². The van der Waals surface area contributed by atoms with Crippen molar-refractivity contribution >= 4 is 17.3 Å². The second-order valence-corrected chi connectivity index (χ2v) is 4.77. The topological polar surface area (TPSA) is 42.5 Å². The second kappa shape index (κ2) is 6.16. The molecule has 18 heavy (non-hydrogen) atoms. The summed E-state index contributed by atoms with van der Waals surface area (Å²) in [6.45, 7) is 1.98. The molecule has 1 aliphatic heterocycles. The van der Waals surface area contributed by atoms with Crippen LogP contribution >= 0.6 is 11.6 Å². The van der Waals surface area contributed by atoms with Crippen LogP contribution in [0.1, 0.15) is 12.8 Å². The van der Waals surface area contributed by atoms with Crippen LogP contribution in [0, 0.1) is 0 Å². The van der Waals surface area contributed by atoms with Gasteiger partial charge in [-0.15, -0.1) is 0 Å². The van der Waals surface area contributed by atoms with Crippen molar-refractivity contribution in [2.45, 2.75) is 18.9 Å². The number of hydrogen-bond acceptors (Lipinski definition) is 4. The van der Waals surface area contributed by atoms with E-state index in [4.69, 9.17) is 21.1 Å². The van der Waals surface area contributed by atoms with Gasteiger partial charge >= 0.3 is 0 Å². The predicted molar refractivity (Wildman–Crippen MR) is 74.1 cm³/mol. The van der Waals surface area contributed by atoms with Crippen LogP contribution in [0.15, 0.2) is 12.1 Å². The van der Waals surface area contributed by atoms with Crippen LogP contribution in [0.2, 0.25) is 5.02 Å². The maximum atomic E-state index is 6.12. The number of nitrogens with one attached hydrogen (secondary N) is 2. The molecular formula is C13H19ClN2O2. The molecule has 1 aromatic carbocycles. The Bertz CT molecular complexity index is 406.